The number of carbonyl (C=O) groups excluding carboxylic acids is 1. The van der Waals surface area contributed by atoms with Crippen LogP contribution in [0.4, 0.5) is 0 Å². The molecule has 0 saturated carbocycles. The van der Waals surface area contributed by atoms with Crippen molar-refractivity contribution in [2.24, 2.45) is 0 Å². The molecule has 0 spiro atoms. The number of rotatable bonds is 4. The number of hydrogen-bond acceptors (Lipinski definition) is 4. The summed E-state index contributed by atoms with van der Waals surface area (Å²) in [5, 5.41) is 0.600. The third kappa shape index (κ3) is 3.60. The van der Waals surface area contributed by atoms with Gasteiger partial charge in [-0.25, -0.2) is 9.78 Å². The molecular weight excluding hydrogens is 314 g/mol. The molecule has 0 N–H and O–H groups in total. The normalized spacial score (nSPS) is 10.5. The smallest absolute Gasteiger partial charge is 0.360 e. The van der Waals surface area contributed by atoms with E-state index in [-0.39, 0.29) is 12.3 Å². The lowest BCUT2D eigenvalue weighted by atomic mass is 10.2. The monoisotopic (exact) mass is 327 g/mol. The Balaban J connectivity index is 1.74. The third-order valence-corrected chi connectivity index (χ3v) is 3.50. The summed E-state index contributed by atoms with van der Waals surface area (Å²) in [6, 6.07) is 16.6. The molecule has 2 aromatic carbocycles. The van der Waals surface area contributed by atoms with Gasteiger partial charge in [0.15, 0.2) is 5.69 Å². The number of esters is 1. The molecule has 1 heterocycles. The van der Waals surface area contributed by atoms with Crippen LogP contribution in [-0.4, -0.2) is 11.0 Å². The van der Waals surface area contributed by atoms with E-state index >= 15 is 0 Å². The van der Waals surface area contributed by atoms with Gasteiger partial charge in [0.25, 0.3) is 0 Å². The van der Waals surface area contributed by atoms with Crippen LogP contribution in [0.5, 0.6) is 0 Å². The molecule has 1 aromatic heterocycles. The first-order valence-electron chi connectivity index (χ1n) is 7.08. The predicted octanol–water partition coefficient (Wildman–Crippen LogP) is 4.66. The van der Waals surface area contributed by atoms with Crippen molar-refractivity contribution >= 4 is 17.6 Å². The van der Waals surface area contributed by atoms with Crippen molar-refractivity contribution in [3.63, 3.8) is 0 Å². The molecule has 0 aliphatic carbocycles. The second kappa shape index (κ2) is 6.67. The molecule has 0 saturated heterocycles. The van der Waals surface area contributed by atoms with E-state index in [0.29, 0.717) is 16.7 Å². The minimum Gasteiger partial charge on any atom is -0.456 e. The zero-order chi connectivity index (χ0) is 16.2. The maximum atomic E-state index is 12.2. The molecule has 4 nitrogen and oxygen atoms in total. The van der Waals surface area contributed by atoms with Gasteiger partial charge in [-0.15, -0.1) is 0 Å². The number of nitrogens with zero attached hydrogens (tertiary/aromatic N) is 1. The second-order valence-electron chi connectivity index (χ2n) is 5.00. The lowest BCUT2D eigenvalue weighted by Crippen LogP contribution is -2.07. The Hall–Kier alpha value is -2.59. The Morgan fingerprint density at radius 2 is 1.96 bits per heavy atom. The minimum absolute atomic E-state index is 0.131. The molecule has 0 bridgehead atoms. The number of aryl methyl sites for hydroxylation is 1. The summed E-state index contributed by atoms with van der Waals surface area (Å²) in [6.07, 6.45) is 0. The van der Waals surface area contributed by atoms with Gasteiger partial charge in [-0.3, -0.25) is 0 Å². The third-order valence-electron chi connectivity index (χ3n) is 3.27. The van der Waals surface area contributed by atoms with Crippen LogP contribution < -0.4 is 0 Å². The van der Waals surface area contributed by atoms with Crippen LogP contribution in [0.2, 0.25) is 5.02 Å². The molecule has 5 heteroatoms. The summed E-state index contributed by atoms with van der Waals surface area (Å²) in [7, 11) is 0. The summed E-state index contributed by atoms with van der Waals surface area (Å²) >= 11 is 5.91. The Morgan fingerprint density at radius 3 is 2.70 bits per heavy atom. The van der Waals surface area contributed by atoms with Gasteiger partial charge < -0.3 is 9.15 Å². The number of aromatic nitrogens is 1. The van der Waals surface area contributed by atoms with E-state index in [4.69, 9.17) is 20.8 Å². The van der Waals surface area contributed by atoms with Crippen molar-refractivity contribution in [3.05, 3.63) is 76.6 Å². The molecule has 0 amide bonds. The van der Waals surface area contributed by atoms with Crippen LogP contribution in [0.25, 0.3) is 11.5 Å². The fourth-order valence-electron chi connectivity index (χ4n) is 2.13. The van der Waals surface area contributed by atoms with Gasteiger partial charge in [0.2, 0.25) is 5.89 Å². The van der Waals surface area contributed by atoms with E-state index in [1.807, 2.05) is 36.4 Å². The number of halogens is 1. The fraction of sp³-hybridized carbons (Fsp3) is 0.111. The fourth-order valence-corrected chi connectivity index (χ4v) is 2.35. The Bertz CT molecular complexity index is 827. The van der Waals surface area contributed by atoms with Crippen molar-refractivity contribution in [2.75, 3.05) is 0 Å². The van der Waals surface area contributed by atoms with Crippen LogP contribution in [0.15, 0.2) is 59.0 Å². The van der Waals surface area contributed by atoms with Crippen LogP contribution in [0.3, 0.4) is 0 Å². The zero-order valence-electron chi connectivity index (χ0n) is 12.5. The standard InChI is InChI=1S/C18H14ClNO3/c1-12-16(20-17(23-12)14-7-3-2-4-8-14)18(21)22-11-13-6-5-9-15(19)10-13/h2-10H,11H2,1H3. The average molecular weight is 328 g/mol. The first-order valence-corrected chi connectivity index (χ1v) is 7.45. The Kier molecular flexibility index (Phi) is 4.44. The van der Waals surface area contributed by atoms with Crippen LogP contribution >= 0.6 is 11.6 Å². The first kappa shape index (κ1) is 15.3. The molecular formula is C18H14ClNO3. The summed E-state index contributed by atoms with van der Waals surface area (Å²) in [5.74, 6) is 0.311. The quantitative estimate of drug-likeness (QED) is 0.654. The van der Waals surface area contributed by atoms with E-state index in [2.05, 4.69) is 4.98 Å². The van der Waals surface area contributed by atoms with Crippen molar-refractivity contribution < 1.29 is 13.9 Å². The van der Waals surface area contributed by atoms with Crippen molar-refractivity contribution in [1.82, 2.24) is 4.98 Å². The van der Waals surface area contributed by atoms with Crippen LogP contribution in [-0.2, 0) is 11.3 Å². The van der Waals surface area contributed by atoms with E-state index in [9.17, 15) is 4.79 Å². The highest BCUT2D eigenvalue weighted by Gasteiger charge is 2.19. The van der Waals surface area contributed by atoms with Gasteiger partial charge in [-0.2, -0.15) is 0 Å². The largest absolute Gasteiger partial charge is 0.456 e. The minimum atomic E-state index is -0.520. The molecule has 23 heavy (non-hydrogen) atoms. The van der Waals surface area contributed by atoms with Crippen LogP contribution in [0.1, 0.15) is 21.8 Å². The predicted molar refractivity (Wildman–Crippen MR) is 87.2 cm³/mol. The van der Waals surface area contributed by atoms with E-state index in [1.54, 1.807) is 25.1 Å². The van der Waals surface area contributed by atoms with Gasteiger partial charge in [-0.1, -0.05) is 41.9 Å². The molecule has 0 radical (unpaired) electrons. The first-order chi connectivity index (χ1) is 11.1. The average Bonchev–Trinajstić information content (AvgIpc) is 2.95. The van der Waals surface area contributed by atoms with Crippen LogP contribution in [0, 0.1) is 6.92 Å². The number of oxazole rings is 1. The van der Waals surface area contributed by atoms with Crippen molar-refractivity contribution in [3.8, 4) is 11.5 Å². The van der Waals surface area contributed by atoms with Crippen molar-refractivity contribution in [1.29, 1.82) is 0 Å². The lowest BCUT2D eigenvalue weighted by Gasteiger charge is -2.03. The summed E-state index contributed by atoms with van der Waals surface area (Å²) < 4.78 is 10.8. The molecule has 3 aromatic rings. The Morgan fingerprint density at radius 1 is 1.17 bits per heavy atom. The Labute approximate surface area is 138 Å². The molecule has 0 aliphatic heterocycles. The summed E-state index contributed by atoms with van der Waals surface area (Å²) in [6.45, 7) is 1.82. The highest BCUT2D eigenvalue weighted by Crippen LogP contribution is 2.22. The molecule has 0 fully saturated rings. The van der Waals surface area contributed by atoms with Crippen molar-refractivity contribution in [2.45, 2.75) is 13.5 Å². The summed E-state index contributed by atoms with van der Waals surface area (Å²) in [5.41, 5.74) is 1.81. The molecule has 116 valence electrons. The second-order valence-corrected chi connectivity index (χ2v) is 5.43. The summed E-state index contributed by atoms with van der Waals surface area (Å²) in [4.78, 5) is 16.4. The lowest BCUT2D eigenvalue weighted by molar-refractivity contribution is 0.0464. The van der Waals surface area contributed by atoms with E-state index < -0.39 is 5.97 Å². The number of carbonyl (C=O) groups is 1. The highest BCUT2D eigenvalue weighted by atomic mass is 35.5. The number of benzene rings is 2. The maximum Gasteiger partial charge on any atom is 0.360 e. The van der Waals surface area contributed by atoms with E-state index in [0.717, 1.165) is 11.1 Å². The number of hydrogen-bond donors (Lipinski definition) is 0. The maximum absolute atomic E-state index is 12.2. The molecule has 0 unspecified atom stereocenters. The highest BCUT2D eigenvalue weighted by molar-refractivity contribution is 6.30. The SMILES string of the molecule is Cc1oc(-c2ccccc2)nc1C(=O)OCc1cccc(Cl)c1. The molecule has 0 aliphatic rings. The van der Waals surface area contributed by atoms with Gasteiger partial charge in [-0.05, 0) is 36.8 Å². The van der Waals surface area contributed by atoms with E-state index in [1.165, 1.54) is 0 Å². The topological polar surface area (TPSA) is 52.3 Å². The molecule has 3 rings (SSSR count). The zero-order valence-corrected chi connectivity index (χ0v) is 13.2. The van der Waals surface area contributed by atoms with Gasteiger partial charge in [0, 0.05) is 10.6 Å². The number of ether oxygens (including phenoxy) is 1. The van der Waals surface area contributed by atoms with Gasteiger partial charge >= 0.3 is 5.97 Å². The molecule has 0 atom stereocenters. The van der Waals surface area contributed by atoms with Gasteiger partial charge in [0.1, 0.15) is 12.4 Å². The van der Waals surface area contributed by atoms with Gasteiger partial charge in [0.05, 0.1) is 0 Å².